The van der Waals surface area contributed by atoms with Crippen LogP contribution in [0.2, 0.25) is 0 Å². The molecular weight excluding hydrogens is 210 g/mol. The van der Waals surface area contributed by atoms with Crippen LogP contribution in [0.4, 0.5) is 8.78 Å². The van der Waals surface area contributed by atoms with Gasteiger partial charge in [0, 0.05) is 28.7 Å². The minimum absolute atomic E-state index is 0.0396. The number of fused-ring (bicyclic) bond motifs is 3. The van der Waals surface area contributed by atoms with E-state index in [4.69, 9.17) is 5.73 Å². The van der Waals surface area contributed by atoms with Crippen LogP contribution in [0.1, 0.15) is 30.1 Å². The maximum absolute atomic E-state index is 13.2. The van der Waals surface area contributed by atoms with Crippen molar-refractivity contribution >= 4 is 10.9 Å². The SMILES string of the molecule is NC1CCCc2c1[nH]c1cc(F)c(F)cc21. The lowest BCUT2D eigenvalue weighted by Gasteiger charge is -2.18. The van der Waals surface area contributed by atoms with Crippen LogP contribution in [0.15, 0.2) is 12.1 Å². The second kappa shape index (κ2) is 3.28. The maximum atomic E-state index is 13.2. The monoisotopic (exact) mass is 222 g/mol. The topological polar surface area (TPSA) is 41.8 Å². The Kier molecular flexibility index (Phi) is 2.01. The molecule has 0 saturated heterocycles. The summed E-state index contributed by atoms with van der Waals surface area (Å²) in [5.41, 5.74) is 8.59. The van der Waals surface area contributed by atoms with Crippen molar-refractivity contribution in [2.75, 3.05) is 0 Å². The van der Waals surface area contributed by atoms with Crippen molar-refractivity contribution in [3.63, 3.8) is 0 Å². The minimum Gasteiger partial charge on any atom is -0.357 e. The van der Waals surface area contributed by atoms with Gasteiger partial charge in [0.25, 0.3) is 0 Å². The first-order valence-electron chi connectivity index (χ1n) is 5.42. The number of rotatable bonds is 0. The van der Waals surface area contributed by atoms with Crippen LogP contribution in [-0.4, -0.2) is 4.98 Å². The molecule has 1 aromatic carbocycles. The molecule has 2 aromatic rings. The lowest BCUT2D eigenvalue weighted by Crippen LogP contribution is -2.16. The summed E-state index contributed by atoms with van der Waals surface area (Å²) in [6.45, 7) is 0. The van der Waals surface area contributed by atoms with E-state index in [9.17, 15) is 8.78 Å². The highest BCUT2D eigenvalue weighted by molar-refractivity contribution is 5.85. The van der Waals surface area contributed by atoms with Gasteiger partial charge < -0.3 is 10.7 Å². The van der Waals surface area contributed by atoms with E-state index in [2.05, 4.69) is 4.98 Å². The molecule has 84 valence electrons. The fourth-order valence-corrected chi connectivity index (χ4v) is 2.49. The molecule has 1 aliphatic rings. The lowest BCUT2D eigenvalue weighted by atomic mass is 9.92. The minimum atomic E-state index is -0.820. The number of hydrogen-bond acceptors (Lipinski definition) is 1. The zero-order valence-electron chi connectivity index (χ0n) is 8.69. The molecule has 0 aliphatic heterocycles. The van der Waals surface area contributed by atoms with Gasteiger partial charge in [-0.3, -0.25) is 0 Å². The second-order valence-electron chi connectivity index (χ2n) is 4.33. The van der Waals surface area contributed by atoms with Crippen LogP contribution in [0.3, 0.4) is 0 Å². The van der Waals surface area contributed by atoms with Crippen LogP contribution in [0.25, 0.3) is 10.9 Å². The summed E-state index contributed by atoms with van der Waals surface area (Å²) >= 11 is 0. The molecule has 0 bridgehead atoms. The van der Waals surface area contributed by atoms with Gasteiger partial charge in [-0.25, -0.2) is 8.78 Å². The average Bonchev–Trinajstić information content (AvgIpc) is 2.59. The normalized spacial score (nSPS) is 20.1. The summed E-state index contributed by atoms with van der Waals surface area (Å²) in [6.07, 6.45) is 2.80. The van der Waals surface area contributed by atoms with E-state index in [1.54, 1.807) is 0 Å². The number of aryl methyl sites for hydroxylation is 1. The molecule has 1 heterocycles. The maximum Gasteiger partial charge on any atom is 0.160 e. The quantitative estimate of drug-likeness (QED) is 0.707. The van der Waals surface area contributed by atoms with Gasteiger partial charge in [-0.05, 0) is 30.9 Å². The predicted octanol–water partition coefficient (Wildman–Crippen LogP) is 2.78. The first kappa shape index (κ1) is 9.78. The Hall–Kier alpha value is -1.42. The van der Waals surface area contributed by atoms with E-state index in [1.165, 1.54) is 12.1 Å². The third-order valence-electron chi connectivity index (χ3n) is 3.29. The van der Waals surface area contributed by atoms with Gasteiger partial charge in [-0.15, -0.1) is 0 Å². The van der Waals surface area contributed by atoms with Crippen molar-refractivity contribution in [1.82, 2.24) is 4.98 Å². The lowest BCUT2D eigenvalue weighted by molar-refractivity contribution is 0.511. The molecule has 0 saturated carbocycles. The standard InChI is InChI=1S/C12H12F2N2/c13-8-4-7-6-2-1-3-10(15)12(6)16-11(7)5-9(8)14/h4-5,10,16H,1-3,15H2. The number of nitrogens with one attached hydrogen (secondary N) is 1. The third-order valence-corrected chi connectivity index (χ3v) is 3.29. The number of aromatic nitrogens is 1. The van der Waals surface area contributed by atoms with Gasteiger partial charge in [-0.1, -0.05) is 0 Å². The van der Waals surface area contributed by atoms with E-state index in [1.807, 2.05) is 0 Å². The van der Waals surface area contributed by atoms with Gasteiger partial charge in [-0.2, -0.15) is 0 Å². The molecule has 3 N–H and O–H groups in total. The van der Waals surface area contributed by atoms with Crippen LogP contribution in [0.5, 0.6) is 0 Å². The Bertz CT molecular complexity index is 560. The number of hydrogen-bond donors (Lipinski definition) is 2. The van der Waals surface area contributed by atoms with E-state index in [0.717, 1.165) is 35.9 Å². The molecule has 0 spiro atoms. The Morgan fingerprint density at radius 1 is 1.25 bits per heavy atom. The third kappa shape index (κ3) is 1.26. The summed E-state index contributed by atoms with van der Waals surface area (Å²) < 4.78 is 26.3. The number of halogens is 2. The van der Waals surface area contributed by atoms with E-state index in [-0.39, 0.29) is 6.04 Å². The summed E-state index contributed by atoms with van der Waals surface area (Å²) in [7, 11) is 0. The molecule has 0 radical (unpaired) electrons. The van der Waals surface area contributed by atoms with E-state index in [0.29, 0.717) is 5.52 Å². The van der Waals surface area contributed by atoms with Crippen LogP contribution in [0, 0.1) is 11.6 Å². The molecule has 0 amide bonds. The Morgan fingerprint density at radius 2 is 2.00 bits per heavy atom. The van der Waals surface area contributed by atoms with Crippen molar-refractivity contribution in [3.8, 4) is 0 Å². The Morgan fingerprint density at radius 3 is 2.81 bits per heavy atom. The Labute approximate surface area is 91.4 Å². The summed E-state index contributed by atoms with van der Waals surface area (Å²) in [4.78, 5) is 3.10. The van der Waals surface area contributed by atoms with Crippen molar-refractivity contribution < 1.29 is 8.78 Å². The molecule has 1 aliphatic carbocycles. The van der Waals surface area contributed by atoms with Gasteiger partial charge in [0.05, 0.1) is 0 Å². The number of nitrogens with two attached hydrogens (primary N) is 1. The van der Waals surface area contributed by atoms with Crippen LogP contribution in [-0.2, 0) is 6.42 Å². The highest BCUT2D eigenvalue weighted by Gasteiger charge is 2.22. The summed E-state index contributed by atoms with van der Waals surface area (Å²) in [5, 5.41) is 0.768. The fourth-order valence-electron chi connectivity index (χ4n) is 2.49. The van der Waals surface area contributed by atoms with Crippen molar-refractivity contribution in [1.29, 1.82) is 0 Å². The van der Waals surface area contributed by atoms with Gasteiger partial charge in [0.15, 0.2) is 11.6 Å². The molecule has 16 heavy (non-hydrogen) atoms. The molecule has 1 unspecified atom stereocenters. The van der Waals surface area contributed by atoms with Crippen molar-refractivity contribution in [3.05, 3.63) is 35.0 Å². The first-order chi connectivity index (χ1) is 7.66. The molecule has 1 atom stereocenters. The fraction of sp³-hybridized carbons (Fsp3) is 0.333. The molecule has 0 fully saturated rings. The number of aromatic amines is 1. The Balaban J connectivity index is 2.32. The predicted molar refractivity (Wildman–Crippen MR) is 58.1 cm³/mol. The van der Waals surface area contributed by atoms with Gasteiger partial charge >= 0.3 is 0 Å². The van der Waals surface area contributed by atoms with E-state index < -0.39 is 11.6 Å². The van der Waals surface area contributed by atoms with Gasteiger partial charge in [0.1, 0.15) is 0 Å². The molecule has 1 aromatic heterocycles. The zero-order valence-corrected chi connectivity index (χ0v) is 8.69. The van der Waals surface area contributed by atoms with E-state index >= 15 is 0 Å². The molecule has 4 heteroatoms. The molecule has 3 rings (SSSR count). The van der Waals surface area contributed by atoms with Crippen LogP contribution < -0.4 is 5.73 Å². The molecular formula is C12H12F2N2. The van der Waals surface area contributed by atoms with Gasteiger partial charge in [0.2, 0.25) is 0 Å². The number of H-pyrrole nitrogens is 1. The largest absolute Gasteiger partial charge is 0.357 e. The summed E-state index contributed by atoms with van der Waals surface area (Å²) in [6, 6.07) is 2.43. The zero-order chi connectivity index (χ0) is 11.3. The van der Waals surface area contributed by atoms with Crippen molar-refractivity contribution in [2.24, 2.45) is 5.73 Å². The smallest absolute Gasteiger partial charge is 0.160 e. The second-order valence-corrected chi connectivity index (χ2v) is 4.33. The summed E-state index contributed by atoms with van der Waals surface area (Å²) in [5.74, 6) is -1.62. The van der Waals surface area contributed by atoms with Crippen molar-refractivity contribution in [2.45, 2.75) is 25.3 Å². The van der Waals surface area contributed by atoms with Crippen LogP contribution >= 0.6 is 0 Å². The number of benzene rings is 1. The molecule has 2 nitrogen and oxygen atoms in total. The first-order valence-corrected chi connectivity index (χ1v) is 5.42. The highest BCUT2D eigenvalue weighted by atomic mass is 19.2. The highest BCUT2D eigenvalue weighted by Crippen LogP contribution is 2.34. The average molecular weight is 222 g/mol.